The fourth-order valence-electron chi connectivity index (χ4n) is 3.19. The number of fused-ring (bicyclic) bond motifs is 1. The Morgan fingerprint density at radius 2 is 2.25 bits per heavy atom. The molecule has 0 unspecified atom stereocenters. The molecule has 0 spiro atoms. The van der Waals surface area contributed by atoms with Crippen molar-refractivity contribution in [3.63, 3.8) is 0 Å². The van der Waals surface area contributed by atoms with E-state index in [-0.39, 0.29) is 5.91 Å². The molecule has 2 atom stereocenters. The van der Waals surface area contributed by atoms with Crippen LogP contribution < -0.4 is 4.74 Å². The first-order valence-corrected chi connectivity index (χ1v) is 7.92. The zero-order valence-electron chi connectivity index (χ0n) is 13.9. The van der Waals surface area contributed by atoms with Crippen LogP contribution in [0, 0.1) is 11.3 Å². The fourth-order valence-corrected chi connectivity index (χ4v) is 3.19. The Morgan fingerprint density at radius 1 is 1.50 bits per heavy atom. The molecular formula is C18H20N2O4. The van der Waals surface area contributed by atoms with Crippen molar-refractivity contribution in [2.75, 3.05) is 13.2 Å². The zero-order valence-corrected chi connectivity index (χ0v) is 13.9. The van der Waals surface area contributed by atoms with Crippen LogP contribution in [0.15, 0.2) is 30.0 Å². The van der Waals surface area contributed by atoms with Crippen LogP contribution >= 0.6 is 0 Å². The predicted octanol–water partition coefficient (Wildman–Crippen LogP) is 1.89. The number of aliphatic hydroxyl groups is 1. The van der Waals surface area contributed by atoms with Gasteiger partial charge in [0.05, 0.1) is 30.8 Å². The van der Waals surface area contributed by atoms with Gasteiger partial charge in [0.15, 0.2) is 0 Å². The molecule has 0 fully saturated rings. The number of benzene rings is 1. The Kier molecular flexibility index (Phi) is 3.98. The zero-order chi connectivity index (χ0) is 17.5. The molecule has 0 bridgehead atoms. The summed E-state index contributed by atoms with van der Waals surface area (Å²) in [6.45, 7) is 6.19. The Hall–Kier alpha value is -2.52. The van der Waals surface area contributed by atoms with Gasteiger partial charge in [-0.25, -0.2) is 0 Å². The second kappa shape index (κ2) is 5.84. The van der Waals surface area contributed by atoms with Crippen LogP contribution in [0.5, 0.6) is 5.75 Å². The molecule has 0 aromatic heterocycles. The Morgan fingerprint density at radius 3 is 2.92 bits per heavy atom. The highest BCUT2D eigenvalue weighted by molar-refractivity contribution is 5.91. The first-order chi connectivity index (χ1) is 11.4. The SMILES string of the molecule is CCOC1=CC(=O)N([C@@H]2c3cc(C#N)ccc3OC(C)(C)[C@H]2O)C1. The lowest BCUT2D eigenvalue weighted by molar-refractivity contribution is -0.137. The van der Waals surface area contributed by atoms with Crippen LogP contribution in [-0.4, -0.2) is 40.8 Å². The van der Waals surface area contributed by atoms with E-state index in [0.29, 0.717) is 35.8 Å². The number of ether oxygens (including phenoxy) is 2. The third-order valence-electron chi connectivity index (χ3n) is 4.40. The summed E-state index contributed by atoms with van der Waals surface area (Å²) in [6.07, 6.45) is 0.518. The van der Waals surface area contributed by atoms with Crippen LogP contribution in [0.25, 0.3) is 0 Å². The molecule has 126 valence electrons. The quantitative estimate of drug-likeness (QED) is 0.916. The molecule has 24 heavy (non-hydrogen) atoms. The summed E-state index contributed by atoms with van der Waals surface area (Å²) >= 11 is 0. The number of rotatable bonds is 3. The summed E-state index contributed by atoms with van der Waals surface area (Å²) in [5.74, 6) is 0.942. The first kappa shape index (κ1) is 16.3. The highest BCUT2D eigenvalue weighted by atomic mass is 16.5. The van der Waals surface area contributed by atoms with Gasteiger partial charge in [-0.05, 0) is 39.0 Å². The van der Waals surface area contributed by atoms with Gasteiger partial charge in [-0.15, -0.1) is 0 Å². The molecule has 3 rings (SSSR count). The van der Waals surface area contributed by atoms with Gasteiger partial charge in [0, 0.05) is 11.6 Å². The highest BCUT2D eigenvalue weighted by Gasteiger charge is 2.47. The summed E-state index contributed by atoms with van der Waals surface area (Å²) in [4.78, 5) is 14.0. The average molecular weight is 328 g/mol. The van der Waals surface area contributed by atoms with Crippen LogP contribution in [0.1, 0.15) is 37.9 Å². The summed E-state index contributed by atoms with van der Waals surface area (Å²) in [5.41, 5.74) is 0.236. The summed E-state index contributed by atoms with van der Waals surface area (Å²) in [5, 5.41) is 20.0. The fraction of sp³-hybridized carbons (Fsp3) is 0.444. The van der Waals surface area contributed by atoms with E-state index >= 15 is 0 Å². The summed E-state index contributed by atoms with van der Waals surface area (Å²) in [6, 6.07) is 6.54. The van der Waals surface area contributed by atoms with Gasteiger partial charge < -0.3 is 19.5 Å². The van der Waals surface area contributed by atoms with Crippen molar-refractivity contribution in [1.29, 1.82) is 5.26 Å². The number of aliphatic hydroxyl groups excluding tert-OH is 1. The number of hydrogen-bond donors (Lipinski definition) is 1. The van der Waals surface area contributed by atoms with E-state index in [0.717, 1.165) is 0 Å². The van der Waals surface area contributed by atoms with Gasteiger partial charge in [-0.2, -0.15) is 5.26 Å². The normalized spacial score (nSPS) is 24.7. The van der Waals surface area contributed by atoms with Crippen LogP contribution in [-0.2, 0) is 9.53 Å². The minimum atomic E-state index is -0.933. The molecule has 1 aromatic carbocycles. The Labute approximate surface area is 140 Å². The standard InChI is InChI=1S/C18H20N2O4/c1-4-23-12-8-15(21)20(10-12)16-13-7-11(9-19)5-6-14(13)24-18(2,3)17(16)22/h5-8,16-17,22H,4,10H2,1-3H3/t16-,17+/m1/s1. The maximum atomic E-state index is 12.4. The van der Waals surface area contributed by atoms with Crippen molar-refractivity contribution in [1.82, 2.24) is 4.90 Å². The minimum Gasteiger partial charge on any atom is -0.496 e. The van der Waals surface area contributed by atoms with Crippen molar-refractivity contribution in [3.05, 3.63) is 41.2 Å². The smallest absolute Gasteiger partial charge is 0.251 e. The van der Waals surface area contributed by atoms with E-state index in [2.05, 4.69) is 6.07 Å². The second-order valence-corrected chi connectivity index (χ2v) is 6.47. The third kappa shape index (κ3) is 2.61. The maximum Gasteiger partial charge on any atom is 0.251 e. The molecule has 0 aliphatic carbocycles. The minimum absolute atomic E-state index is 0.214. The van der Waals surface area contributed by atoms with Gasteiger partial charge in [-0.3, -0.25) is 4.79 Å². The highest BCUT2D eigenvalue weighted by Crippen LogP contribution is 2.44. The van der Waals surface area contributed by atoms with Crippen molar-refractivity contribution in [2.45, 2.75) is 38.5 Å². The topological polar surface area (TPSA) is 82.8 Å². The maximum absolute atomic E-state index is 12.4. The van der Waals surface area contributed by atoms with Crippen molar-refractivity contribution in [2.24, 2.45) is 0 Å². The van der Waals surface area contributed by atoms with Crippen molar-refractivity contribution in [3.8, 4) is 11.8 Å². The molecule has 2 aliphatic rings. The number of nitriles is 1. The lowest BCUT2D eigenvalue weighted by Crippen LogP contribution is -2.54. The van der Waals surface area contributed by atoms with Crippen LogP contribution in [0.2, 0.25) is 0 Å². The molecular weight excluding hydrogens is 308 g/mol. The number of nitrogens with zero attached hydrogens (tertiary/aromatic N) is 2. The van der Waals surface area contributed by atoms with E-state index < -0.39 is 17.7 Å². The molecule has 2 heterocycles. The molecule has 0 saturated carbocycles. The molecule has 1 amide bonds. The molecule has 0 radical (unpaired) electrons. The van der Waals surface area contributed by atoms with E-state index in [1.165, 1.54) is 6.08 Å². The molecule has 2 aliphatic heterocycles. The molecule has 1 aromatic rings. The summed E-state index contributed by atoms with van der Waals surface area (Å²) in [7, 11) is 0. The van der Waals surface area contributed by atoms with Crippen LogP contribution in [0.3, 0.4) is 0 Å². The number of carbonyl (C=O) groups excluding carboxylic acids is 1. The molecule has 6 nitrogen and oxygen atoms in total. The third-order valence-corrected chi connectivity index (χ3v) is 4.40. The lowest BCUT2D eigenvalue weighted by Gasteiger charge is -2.45. The number of hydrogen-bond acceptors (Lipinski definition) is 5. The molecule has 6 heteroatoms. The largest absolute Gasteiger partial charge is 0.496 e. The van der Waals surface area contributed by atoms with Crippen molar-refractivity contribution >= 4 is 5.91 Å². The van der Waals surface area contributed by atoms with Crippen molar-refractivity contribution < 1.29 is 19.4 Å². The first-order valence-electron chi connectivity index (χ1n) is 7.92. The Balaban J connectivity index is 2.04. The average Bonchev–Trinajstić information content (AvgIpc) is 2.89. The molecule has 1 N–H and O–H groups in total. The number of amides is 1. The van der Waals surface area contributed by atoms with Crippen LogP contribution in [0.4, 0.5) is 0 Å². The van der Waals surface area contributed by atoms with Gasteiger partial charge in [0.2, 0.25) is 0 Å². The van der Waals surface area contributed by atoms with Gasteiger partial charge in [-0.1, -0.05) is 0 Å². The second-order valence-electron chi connectivity index (χ2n) is 6.47. The van der Waals surface area contributed by atoms with Gasteiger partial charge in [0.1, 0.15) is 23.2 Å². The Bertz CT molecular complexity index is 748. The molecule has 0 saturated heterocycles. The predicted molar refractivity (Wildman–Crippen MR) is 86.0 cm³/mol. The van der Waals surface area contributed by atoms with E-state index in [1.807, 2.05) is 6.92 Å². The van der Waals surface area contributed by atoms with Gasteiger partial charge in [0.25, 0.3) is 5.91 Å². The monoisotopic (exact) mass is 328 g/mol. The number of carbonyl (C=O) groups is 1. The van der Waals surface area contributed by atoms with E-state index in [1.54, 1.807) is 36.9 Å². The van der Waals surface area contributed by atoms with Gasteiger partial charge >= 0.3 is 0 Å². The summed E-state index contributed by atoms with van der Waals surface area (Å²) < 4.78 is 11.3. The lowest BCUT2D eigenvalue weighted by atomic mass is 9.85. The van der Waals surface area contributed by atoms with E-state index in [4.69, 9.17) is 14.7 Å². The van der Waals surface area contributed by atoms with E-state index in [9.17, 15) is 9.90 Å².